The van der Waals surface area contributed by atoms with Crippen LogP contribution in [0.25, 0.3) is 0 Å². The van der Waals surface area contributed by atoms with Crippen molar-refractivity contribution in [2.45, 2.75) is 32.1 Å². The van der Waals surface area contributed by atoms with Gasteiger partial charge in [0.05, 0.1) is 17.4 Å². The Bertz CT molecular complexity index is 398. The zero-order chi connectivity index (χ0) is 12.8. The van der Waals surface area contributed by atoms with Crippen LogP contribution in [0.4, 0.5) is 5.69 Å². The first-order valence-electron chi connectivity index (χ1n) is 6.74. The van der Waals surface area contributed by atoms with Crippen molar-refractivity contribution >= 4 is 11.6 Å². The summed E-state index contributed by atoms with van der Waals surface area (Å²) in [5, 5.41) is 3.03. The lowest BCUT2D eigenvalue weighted by atomic mass is 10.1. The van der Waals surface area contributed by atoms with Gasteiger partial charge in [-0.1, -0.05) is 19.3 Å². The molecule has 0 spiro atoms. The molecule has 1 aromatic heterocycles. The molecule has 0 radical (unpaired) electrons. The lowest BCUT2D eigenvalue weighted by Crippen LogP contribution is -2.34. The summed E-state index contributed by atoms with van der Waals surface area (Å²) in [4.78, 5) is 18.5. The molecule has 98 valence electrons. The van der Waals surface area contributed by atoms with Crippen LogP contribution in [-0.4, -0.2) is 35.9 Å². The highest BCUT2D eigenvalue weighted by Gasteiger charge is 2.18. The number of carbonyl (C=O) groups is 1. The topological polar surface area (TPSA) is 45.2 Å². The lowest BCUT2D eigenvalue weighted by Gasteiger charge is -2.25. The molecule has 1 N–H and O–H groups in total. The predicted molar refractivity (Wildman–Crippen MR) is 72.8 cm³/mol. The molecule has 18 heavy (non-hydrogen) atoms. The van der Waals surface area contributed by atoms with Gasteiger partial charge >= 0.3 is 0 Å². The molecule has 0 unspecified atom stereocenters. The summed E-state index contributed by atoms with van der Waals surface area (Å²) in [6, 6.07) is 1.80. The highest BCUT2D eigenvalue weighted by molar-refractivity contribution is 5.99. The van der Waals surface area contributed by atoms with E-state index in [1.165, 1.54) is 19.3 Å². The zero-order valence-corrected chi connectivity index (χ0v) is 11.0. The fourth-order valence-electron chi connectivity index (χ4n) is 2.40. The Hall–Kier alpha value is -1.58. The highest BCUT2D eigenvalue weighted by Crippen LogP contribution is 2.18. The second-order valence-electron chi connectivity index (χ2n) is 4.73. The van der Waals surface area contributed by atoms with Crippen LogP contribution >= 0.6 is 0 Å². The molecule has 0 aromatic carbocycles. The van der Waals surface area contributed by atoms with E-state index < -0.39 is 0 Å². The highest BCUT2D eigenvalue weighted by atomic mass is 16.2. The molecule has 1 aliphatic rings. The standard InChI is InChI=1S/C14H21N3O/c1-15-13-11-16-8-7-12(13)14(18)17-9-5-3-2-4-6-10-17/h7-8,11,15H,2-6,9-10H2,1H3. The molecule has 0 bridgehead atoms. The Kier molecular flexibility index (Phi) is 4.56. The fraction of sp³-hybridized carbons (Fsp3) is 0.571. The number of hydrogen-bond donors (Lipinski definition) is 1. The van der Waals surface area contributed by atoms with E-state index in [1.54, 1.807) is 18.5 Å². The number of nitrogens with one attached hydrogen (secondary N) is 1. The van der Waals surface area contributed by atoms with Crippen molar-refractivity contribution in [1.82, 2.24) is 9.88 Å². The molecule has 1 saturated heterocycles. The second-order valence-corrected chi connectivity index (χ2v) is 4.73. The maximum atomic E-state index is 12.5. The van der Waals surface area contributed by atoms with Gasteiger partial charge < -0.3 is 10.2 Å². The predicted octanol–water partition coefficient (Wildman–Crippen LogP) is 2.53. The number of nitrogens with zero attached hydrogens (tertiary/aromatic N) is 2. The van der Waals surface area contributed by atoms with Crippen molar-refractivity contribution < 1.29 is 4.79 Å². The third-order valence-electron chi connectivity index (χ3n) is 3.46. The van der Waals surface area contributed by atoms with Crippen molar-refractivity contribution in [3.63, 3.8) is 0 Å². The molecule has 1 amide bonds. The van der Waals surface area contributed by atoms with Gasteiger partial charge in [0, 0.05) is 26.3 Å². The first-order chi connectivity index (χ1) is 8.83. The molecule has 1 fully saturated rings. The van der Waals surface area contributed by atoms with E-state index in [-0.39, 0.29) is 5.91 Å². The number of hydrogen-bond acceptors (Lipinski definition) is 3. The maximum absolute atomic E-state index is 12.5. The van der Waals surface area contributed by atoms with Crippen LogP contribution in [0.2, 0.25) is 0 Å². The largest absolute Gasteiger partial charge is 0.386 e. The molecule has 0 aliphatic carbocycles. The Balaban J connectivity index is 2.13. The third-order valence-corrected chi connectivity index (χ3v) is 3.46. The second kappa shape index (κ2) is 6.38. The first kappa shape index (κ1) is 12.9. The van der Waals surface area contributed by atoms with Crippen molar-refractivity contribution in [3.05, 3.63) is 24.0 Å². The van der Waals surface area contributed by atoms with Crippen molar-refractivity contribution in [3.8, 4) is 0 Å². The van der Waals surface area contributed by atoms with Gasteiger partial charge in [-0.2, -0.15) is 0 Å². The number of anilines is 1. The molecule has 2 heterocycles. The van der Waals surface area contributed by atoms with Crippen molar-refractivity contribution in [2.24, 2.45) is 0 Å². The van der Waals surface area contributed by atoms with Crippen LogP contribution in [-0.2, 0) is 0 Å². The molecule has 2 rings (SSSR count). The van der Waals surface area contributed by atoms with Gasteiger partial charge in [-0.05, 0) is 18.9 Å². The quantitative estimate of drug-likeness (QED) is 0.873. The van der Waals surface area contributed by atoms with Gasteiger partial charge in [0.1, 0.15) is 0 Å². The van der Waals surface area contributed by atoms with Gasteiger partial charge in [-0.3, -0.25) is 9.78 Å². The molecule has 1 aliphatic heterocycles. The van der Waals surface area contributed by atoms with Crippen LogP contribution < -0.4 is 5.32 Å². The zero-order valence-electron chi connectivity index (χ0n) is 11.0. The lowest BCUT2D eigenvalue weighted by molar-refractivity contribution is 0.0743. The maximum Gasteiger partial charge on any atom is 0.256 e. The van der Waals surface area contributed by atoms with E-state index in [9.17, 15) is 4.79 Å². The average Bonchev–Trinajstić information content (AvgIpc) is 2.37. The minimum Gasteiger partial charge on any atom is -0.386 e. The van der Waals surface area contributed by atoms with E-state index in [0.717, 1.165) is 37.2 Å². The summed E-state index contributed by atoms with van der Waals surface area (Å²) in [5.41, 5.74) is 1.54. The molecule has 0 atom stereocenters. The monoisotopic (exact) mass is 247 g/mol. The summed E-state index contributed by atoms with van der Waals surface area (Å²) in [5.74, 6) is 0.128. The Morgan fingerprint density at radius 2 is 1.89 bits per heavy atom. The van der Waals surface area contributed by atoms with E-state index in [2.05, 4.69) is 10.3 Å². The van der Waals surface area contributed by atoms with Crippen LogP contribution in [0.5, 0.6) is 0 Å². The van der Waals surface area contributed by atoms with Crippen LogP contribution in [0, 0.1) is 0 Å². The number of likely N-dealkylation sites (tertiary alicyclic amines) is 1. The molecule has 4 nitrogen and oxygen atoms in total. The number of carbonyl (C=O) groups excluding carboxylic acids is 1. The van der Waals surface area contributed by atoms with Gasteiger partial charge in [0.2, 0.25) is 0 Å². The molecule has 0 saturated carbocycles. The molecule has 1 aromatic rings. The summed E-state index contributed by atoms with van der Waals surface area (Å²) in [6.45, 7) is 1.76. The normalized spacial score (nSPS) is 16.8. The van der Waals surface area contributed by atoms with Crippen molar-refractivity contribution in [1.29, 1.82) is 0 Å². The third kappa shape index (κ3) is 3.00. The summed E-state index contributed by atoms with van der Waals surface area (Å²) >= 11 is 0. The number of aromatic nitrogens is 1. The summed E-state index contributed by atoms with van der Waals surface area (Å²) < 4.78 is 0. The van der Waals surface area contributed by atoms with Gasteiger partial charge in [0.25, 0.3) is 5.91 Å². The molecular weight excluding hydrogens is 226 g/mol. The Morgan fingerprint density at radius 1 is 1.22 bits per heavy atom. The van der Waals surface area contributed by atoms with E-state index in [0.29, 0.717) is 0 Å². The number of pyridine rings is 1. The number of rotatable bonds is 2. The van der Waals surface area contributed by atoms with Crippen LogP contribution in [0.15, 0.2) is 18.5 Å². The van der Waals surface area contributed by atoms with E-state index in [1.807, 2.05) is 11.9 Å². The minimum absolute atomic E-state index is 0.128. The van der Waals surface area contributed by atoms with Gasteiger partial charge in [-0.15, -0.1) is 0 Å². The Morgan fingerprint density at radius 3 is 2.56 bits per heavy atom. The summed E-state index contributed by atoms with van der Waals surface area (Å²) in [6.07, 6.45) is 9.39. The number of amides is 1. The SMILES string of the molecule is CNc1cnccc1C(=O)N1CCCCCCC1. The van der Waals surface area contributed by atoms with Gasteiger partial charge in [0.15, 0.2) is 0 Å². The average molecular weight is 247 g/mol. The van der Waals surface area contributed by atoms with E-state index >= 15 is 0 Å². The minimum atomic E-state index is 0.128. The summed E-state index contributed by atoms with van der Waals surface area (Å²) in [7, 11) is 1.82. The molecule has 4 heteroatoms. The van der Waals surface area contributed by atoms with Crippen LogP contribution in [0.3, 0.4) is 0 Å². The fourth-order valence-corrected chi connectivity index (χ4v) is 2.40. The Labute approximate surface area is 108 Å². The van der Waals surface area contributed by atoms with Crippen LogP contribution in [0.1, 0.15) is 42.5 Å². The smallest absolute Gasteiger partial charge is 0.256 e. The first-order valence-corrected chi connectivity index (χ1v) is 6.74. The van der Waals surface area contributed by atoms with Crippen molar-refractivity contribution in [2.75, 3.05) is 25.5 Å². The van der Waals surface area contributed by atoms with E-state index in [4.69, 9.17) is 0 Å². The van der Waals surface area contributed by atoms with Gasteiger partial charge in [-0.25, -0.2) is 0 Å². The molecular formula is C14H21N3O.